The molecule has 0 heterocycles. The number of anilines is 2. The van der Waals surface area contributed by atoms with Crippen LogP contribution in [-0.4, -0.2) is 23.8 Å². The van der Waals surface area contributed by atoms with Gasteiger partial charge in [-0.05, 0) is 50.6 Å². The highest BCUT2D eigenvalue weighted by Gasteiger charge is 2.15. The standard InChI is InChI=1S/C21H25N3O3/c1-5-19(25)22-15(4)20(26)23-17-11-8-14(3)18(12-17)24-21(27)16-9-6-13(2)7-10-16/h6-12,15H,5H2,1-4H3,(H,22,25)(H,23,26)(H,24,27)/t15-/m0/s1. The van der Waals surface area contributed by atoms with Crippen LogP contribution in [0.1, 0.15) is 41.8 Å². The Labute approximate surface area is 159 Å². The van der Waals surface area contributed by atoms with Crippen LogP contribution >= 0.6 is 0 Å². The smallest absolute Gasteiger partial charge is 0.255 e. The topological polar surface area (TPSA) is 87.3 Å². The molecule has 3 amide bonds. The molecule has 2 aromatic carbocycles. The van der Waals surface area contributed by atoms with E-state index in [9.17, 15) is 14.4 Å². The second-order valence-electron chi connectivity index (χ2n) is 6.48. The van der Waals surface area contributed by atoms with Crippen molar-refractivity contribution in [2.75, 3.05) is 10.6 Å². The molecule has 0 fully saturated rings. The van der Waals surface area contributed by atoms with Crippen LogP contribution in [0, 0.1) is 13.8 Å². The van der Waals surface area contributed by atoms with Gasteiger partial charge in [0.25, 0.3) is 5.91 Å². The van der Waals surface area contributed by atoms with Crippen molar-refractivity contribution in [1.82, 2.24) is 5.32 Å². The lowest BCUT2D eigenvalue weighted by atomic mass is 10.1. The maximum absolute atomic E-state index is 12.4. The van der Waals surface area contributed by atoms with Crippen LogP contribution in [0.4, 0.5) is 11.4 Å². The Morgan fingerprint density at radius 2 is 1.63 bits per heavy atom. The van der Waals surface area contributed by atoms with E-state index in [2.05, 4.69) is 16.0 Å². The van der Waals surface area contributed by atoms with E-state index in [0.717, 1.165) is 11.1 Å². The minimum absolute atomic E-state index is 0.187. The molecule has 3 N–H and O–H groups in total. The van der Waals surface area contributed by atoms with E-state index in [-0.39, 0.29) is 17.7 Å². The zero-order valence-electron chi connectivity index (χ0n) is 16.1. The van der Waals surface area contributed by atoms with Gasteiger partial charge in [0.1, 0.15) is 6.04 Å². The van der Waals surface area contributed by atoms with E-state index in [1.807, 2.05) is 32.0 Å². The zero-order valence-corrected chi connectivity index (χ0v) is 16.1. The maximum Gasteiger partial charge on any atom is 0.255 e. The Morgan fingerprint density at radius 1 is 0.963 bits per heavy atom. The second-order valence-corrected chi connectivity index (χ2v) is 6.48. The van der Waals surface area contributed by atoms with Crippen LogP contribution < -0.4 is 16.0 Å². The Morgan fingerprint density at radius 3 is 2.26 bits per heavy atom. The maximum atomic E-state index is 12.4. The highest BCUT2D eigenvalue weighted by Crippen LogP contribution is 2.21. The summed E-state index contributed by atoms with van der Waals surface area (Å²) in [6.45, 7) is 7.18. The summed E-state index contributed by atoms with van der Waals surface area (Å²) in [5.41, 5.74) is 3.67. The summed E-state index contributed by atoms with van der Waals surface area (Å²) >= 11 is 0. The number of hydrogen-bond donors (Lipinski definition) is 3. The highest BCUT2D eigenvalue weighted by atomic mass is 16.2. The number of nitrogens with one attached hydrogen (secondary N) is 3. The summed E-state index contributed by atoms with van der Waals surface area (Å²) in [6, 6.07) is 11.9. The van der Waals surface area contributed by atoms with E-state index >= 15 is 0 Å². The number of amides is 3. The zero-order chi connectivity index (χ0) is 20.0. The van der Waals surface area contributed by atoms with E-state index in [1.165, 1.54) is 0 Å². The van der Waals surface area contributed by atoms with Crippen molar-refractivity contribution in [1.29, 1.82) is 0 Å². The van der Waals surface area contributed by atoms with E-state index < -0.39 is 6.04 Å². The van der Waals surface area contributed by atoms with Gasteiger partial charge in [0.15, 0.2) is 0 Å². The molecule has 27 heavy (non-hydrogen) atoms. The molecule has 1 atom stereocenters. The first-order valence-corrected chi connectivity index (χ1v) is 8.89. The molecule has 6 heteroatoms. The van der Waals surface area contributed by atoms with Gasteiger partial charge in [-0.25, -0.2) is 0 Å². The lowest BCUT2D eigenvalue weighted by molar-refractivity contribution is -0.125. The summed E-state index contributed by atoms with van der Waals surface area (Å²) < 4.78 is 0. The minimum Gasteiger partial charge on any atom is -0.345 e. The molecule has 2 aromatic rings. The van der Waals surface area contributed by atoms with Gasteiger partial charge < -0.3 is 16.0 Å². The summed E-state index contributed by atoms with van der Waals surface area (Å²) in [6.07, 6.45) is 0.317. The Bertz CT molecular complexity index is 844. The van der Waals surface area contributed by atoms with Gasteiger partial charge in [0.2, 0.25) is 11.8 Å². The van der Waals surface area contributed by atoms with Crippen LogP contribution in [-0.2, 0) is 9.59 Å². The Kier molecular flexibility index (Phi) is 6.71. The van der Waals surface area contributed by atoms with Gasteiger partial charge in [0, 0.05) is 23.4 Å². The first-order valence-electron chi connectivity index (χ1n) is 8.89. The second kappa shape index (κ2) is 8.98. The minimum atomic E-state index is -0.649. The molecular weight excluding hydrogens is 342 g/mol. The van der Waals surface area contributed by atoms with E-state index in [4.69, 9.17) is 0 Å². The van der Waals surface area contributed by atoms with Crippen LogP contribution in [0.25, 0.3) is 0 Å². The third-order valence-electron chi connectivity index (χ3n) is 4.16. The Balaban J connectivity index is 2.09. The molecule has 0 aromatic heterocycles. The molecular formula is C21H25N3O3. The summed E-state index contributed by atoms with van der Waals surface area (Å²) in [7, 11) is 0. The third-order valence-corrected chi connectivity index (χ3v) is 4.16. The quantitative estimate of drug-likeness (QED) is 0.731. The fraction of sp³-hybridized carbons (Fsp3) is 0.286. The number of carbonyl (C=O) groups is 3. The number of rotatable bonds is 6. The van der Waals surface area contributed by atoms with Gasteiger partial charge in [-0.3, -0.25) is 14.4 Å². The van der Waals surface area contributed by atoms with E-state index in [1.54, 1.807) is 38.1 Å². The van der Waals surface area contributed by atoms with E-state index in [0.29, 0.717) is 23.4 Å². The van der Waals surface area contributed by atoms with Crippen molar-refractivity contribution in [2.45, 2.75) is 40.2 Å². The van der Waals surface area contributed by atoms with Crippen molar-refractivity contribution < 1.29 is 14.4 Å². The number of hydrogen-bond acceptors (Lipinski definition) is 3. The van der Waals surface area contributed by atoms with Gasteiger partial charge in [-0.2, -0.15) is 0 Å². The van der Waals surface area contributed by atoms with Crippen LogP contribution in [0.5, 0.6) is 0 Å². The molecule has 0 spiro atoms. The molecule has 0 aliphatic rings. The highest BCUT2D eigenvalue weighted by molar-refractivity contribution is 6.05. The summed E-state index contributed by atoms with van der Waals surface area (Å²) in [5.74, 6) is -0.728. The number of aryl methyl sites for hydroxylation is 2. The lowest BCUT2D eigenvalue weighted by Crippen LogP contribution is -2.41. The van der Waals surface area contributed by atoms with Crippen molar-refractivity contribution in [3.05, 3.63) is 59.2 Å². The molecule has 0 saturated heterocycles. The fourth-order valence-corrected chi connectivity index (χ4v) is 2.39. The Hall–Kier alpha value is -3.15. The lowest BCUT2D eigenvalue weighted by Gasteiger charge is -2.15. The molecule has 0 unspecified atom stereocenters. The number of carbonyl (C=O) groups excluding carboxylic acids is 3. The third kappa shape index (κ3) is 5.67. The largest absolute Gasteiger partial charge is 0.345 e. The predicted molar refractivity (Wildman–Crippen MR) is 107 cm³/mol. The monoisotopic (exact) mass is 367 g/mol. The van der Waals surface area contributed by atoms with Crippen LogP contribution in [0.3, 0.4) is 0 Å². The summed E-state index contributed by atoms with van der Waals surface area (Å²) in [4.78, 5) is 36.1. The van der Waals surface area contributed by atoms with Crippen LogP contribution in [0.15, 0.2) is 42.5 Å². The average molecular weight is 367 g/mol. The molecule has 0 aliphatic carbocycles. The summed E-state index contributed by atoms with van der Waals surface area (Å²) in [5, 5.41) is 8.24. The normalized spacial score (nSPS) is 11.4. The molecule has 6 nitrogen and oxygen atoms in total. The first-order chi connectivity index (χ1) is 12.8. The molecule has 142 valence electrons. The first kappa shape index (κ1) is 20.2. The molecule has 0 aliphatic heterocycles. The van der Waals surface area contributed by atoms with Gasteiger partial charge in [-0.1, -0.05) is 30.7 Å². The van der Waals surface area contributed by atoms with Crippen molar-refractivity contribution in [2.24, 2.45) is 0 Å². The van der Waals surface area contributed by atoms with Crippen LogP contribution in [0.2, 0.25) is 0 Å². The predicted octanol–water partition coefficient (Wildman–Crippen LogP) is 3.41. The average Bonchev–Trinajstić information content (AvgIpc) is 2.64. The van der Waals surface area contributed by atoms with Gasteiger partial charge in [0.05, 0.1) is 0 Å². The molecule has 0 saturated carbocycles. The molecule has 0 radical (unpaired) electrons. The van der Waals surface area contributed by atoms with Gasteiger partial charge in [-0.15, -0.1) is 0 Å². The van der Waals surface area contributed by atoms with Crippen molar-refractivity contribution in [3.63, 3.8) is 0 Å². The fourth-order valence-electron chi connectivity index (χ4n) is 2.39. The van der Waals surface area contributed by atoms with Crippen molar-refractivity contribution in [3.8, 4) is 0 Å². The SMILES string of the molecule is CCC(=O)N[C@@H](C)C(=O)Nc1ccc(C)c(NC(=O)c2ccc(C)cc2)c1. The molecule has 2 rings (SSSR count). The molecule has 0 bridgehead atoms. The van der Waals surface area contributed by atoms with Crippen molar-refractivity contribution >= 4 is 29.1 Å². The number of benzene rings is 2. The van der Waals surface area contributed by atoms with Gasteiger partial charge >= 0.3 is 0 Å².